The molecule has 0 fully saturated rings. The van der Waals surface area contributed by atoms with Gasteiger partial charge in [-0.3, -0.25) is 0 Å². The van der Waals surface area contributed by atoms with Crippen molar-refractivity contribution in [3.63, 3.8) is 0 Å². The first-order valence-electron chi connectivity index (χ1n) is 4.18. The highest BCUT2D eigenvalue weighted by Gasteiger charge is 2.00. The molecule has 1 heterocycles. The fraction of sp³-hybridized carbons (Fsp3) is 0.444. The van der Waals surface area contributed by atoms with Crippen LogP contribution < -0.4 is 5.32 Å². The Hall–Kier alpha value is -0.640. The maximum absolute atomic E-state index is 8.99. The van der Waals surface area contributed by atoms with E-state index < -0.39 is 0 Å². The third-order valence-corrected chi connectivity index (χ3v) is 1.93. The highest BCUT2D eigenvalue weighted by Crippen LogP contribution is 2.10. The molecule has 0 amide bonds. The Morgan fingerprint density at radius 2 is 2.46 bits per heavy atom. The summed E-state index contributed by atoms with van der Waals surface area (Å²) < 4.78 is 0. The lowest BCUT2D eigenvalue weighted by molar-refractivity contribution is 0.191. The molecular formula is C9H13ClN2O. The van der Waals surface area contributed by atoms with E-state index in [1.807, 2.05) is 12.1 Å². The van der Waals surface area contributed by atoms with E-state index in [0.717, 1.165) is 5.56 Å². The minimum Gasteiger partial charge on any atom is -0.392 e. The van der Waals surface area contributed by atoms with Crippen LogP contribution in [0.1, 0.15) is 12.5 Å². The van der Waals surface area contributed by atoms with Crippen LogP contribution in [0.2, 0.25) is 5.15 Å². The molecule has 4 heteroatoms. The van der Waals surface area contributed by atoms with Gasteiger partial charge in [0.2, 0.25) is 0 Å². The number of aromatic nitrogens is 1. The first-order chi connectivity index (χ1) is 6.20. The van der Waals surface area contributed by atoms with Gasteiger partial charge in [-0.05, 0) is 13.0 Å². The summed E-state index contributed by atoms with van der Waals surface area (Å²) in [6, 6.07) is 3.75. The molecule has 0 spiro atoms. The van der Waals surface area contributed by atoms with E-state index in [-0.39, 0.29) is 6.10 Å². The monoisotopic (exact) mass is 200 g/mol. The normalized spacial score (nSPS) is 12.8. The van der Waals surface area contributed by atoms with Crippen LogP contribution >= 0.6 is 11.6 Å². The first-order valence-corrected chi connectivity index (χ1v) is 4.56. The minimum atomic E-state index is -0.338. The highest BCUT2D eigenvalue weighted by molar-refractivity contribution is 6.30. The second-order valence-corrected chi connectivity index (χ2v) is 3.29. The number of nitrogens with one attached hydrogen (secondary N) is 1. The van der Waals surface area contributed by atoms with Crippen molar-refractivity contribution < 1.29 is 5.11 Å². The molecule has 0 radical (unpaired) electrons. The predicted molar refractivity (Wildman–Crippen MR) is 52.6 cm³/mol. The van der Waals surface area contributed by atoms with Gasteiger partial charge in [-0.25, -0.2) is 4.98 Å². The third-order valence-electron chi connectivity index (χ3n) is 1.59. The van der Waals surface area contributed by atoms with Crippen molar-refractivity contribution in [1.82, 2.24) is 10.3 Å². The molecule has 1 rings (SSSR count). The maximum atomic E-state index is 8.99. The zero-order chi connectivity index (χ0) is 9.68. The Morgan fingerprint density at radius 3 is 3.08 bits per heavy atom. The molecule has 72 valence electrons. The zero-order valence-corrected chi connectivity index (χ0v) is 8.25. The van der Waals surface area contributed by atoms with E-state index in [4.69, 9.17) is 16.7 Å². The van der Waals surface area contributed by atoms with E-state index >= 15 is 0 Å². The van der Waals surface area contributed by atoms with Crippen molar-refractivity contribution >= 4 is 11.6 Å². The zero-order valence-electron chi connectivity index (χ0n) is 7.50. The predicted octanol–water partition coefficient (Wildman–Crippen LogP) is 1.21. The summed E-state index contributed by atoms with van der Waals surface area (Å²) in [6.07, 6.45) is 1.32. The van der Waals surface area contributed by atoms with Gasteiger partial charge in [0.1, 0.15) is 5.15 Å². The molecule has 1 atom stereocenters. The number of hydrogen-bond donors (Lipinski definition) is 2. The van der Waals surface area contributed by atoms with Crippen molar-refractivity contribution in [2.24, 2.45) is 0 Å². The van der Waals surface area contributed by atoms with Crippen LogP contribution in [0.15, 0.2) is 18.3 Å². The number of aliphatic hydroxyl groups is 1. The number of nitrogens with zero attached hydrogens (tertiary/aromatic N) is 1. The number of hydrogen-bond acceptors (Lipinski definition) is 3. The van der Waals surface area contributed by atoms with Crippen LogP contribution in [0.3, 0.4) is 0 Å². The van der Waals surface area contributed by atoms with Crippen LogP contribution in [0, 0.1) is 0 Å². The smallest absolute Gasteiger partial charge is 0.133 e. The van der Waals surface area contributed by atoms with Crippen LogP contribution in [-0.2, 0) is 6.54 Å². The number of halogens is 1. The molecule has 2 N–H and O–H groups in total. The Morgan fingerprint density at radius 1 is 1.69 bits per heavy atom. The van der Waals surface area contributed by atoms with Crippen LogP contribution in [0.4, 0.5) is 0 Å². The Kier molecular flexibility index (Phi) is 4.15. The molecule has 1 aromatic rings. The van der Waals surface area contributed by atoms with E-state index in [0.29, 0.717) is 18.2 Å². The second kappa shape index (κ2) is 5.17. The van der Waals surface area contributed by atoms with Gasteiger partial charge in [0.25, 0.3) is 0 Å². The lowest BCUT2D eigenvalue weighted by atomic mass is 10.3. The van der Waals surface area contributed by atoms with E-state index in [2.05, 4.69) is 10.3 Å². The van der Waals surface area contributed by atoms with Crippen molar-refractivity contribution in [1.29, 1.82) is 0 Å². The molecular weight excluding hydrogens is 188 g/mol. The summed E-state index contributed by atoms with van der Waals surface area (Å²) in [4.78, 5) is 3.94. The van der Waals surface area contributed by atoms with Crippen molar-refractivity contribution in [2.75, 3.05) is 6.54 Å². The van der Waals surface area contributed by atoms with Gasteiger partial charge in [0.05, 0.1) is 6.10 Å². The first kappa shape index (κ1) is 10.4. The number of pyridine rings is 1. The molecule has 0 aliphatic carbocycles. The van der Waals surface area contributed by atoms with Crippen LogP contribution in [-0.4, -0.2) is 22.7 Å². The second-order valence-electron chi connectivity index (χ2n) is 2.93. The average molecular weight is 201 g/mol. The topological polar surface area (TPSA) is 45.1 Å². The van der Waals surface area contributed by atoms with Gasteiger partial charge in [-0.2, -0.15) is 0 Å². The lowest BCUT2D eigenvalue weighted by Gasteiger charge is -2.07. The average Bonchev–Trinajstić information content (AvgIpc) is 2.08. The third kappa shape index (κ3) is 3.72. The molecule has 13 heavy (non-hydrogen) atoms. The summed E-state index contributed by atoms with van der Waals surface area (Å²) in [5, 5.41) is 12.6. The summed E-state index contributed by atoms with van der Waals surface area (Å²) in [7, 11) is 0. The quantitative estimate of drug-likeness (QED) is 0.719. The highest BCUT2D eigenvalue weighted by atomic mass is 35.5. The number of rotatable bonds is 4. The van der Waals surface area contributed by atoms with E-state index in [1.54, 1.807) is 13.1 Å². The van der Waals surface area contributed by atoms with Crippen molar-refractivity contribution in [2.45, 2.75) is 19.6 Å². The Labute approximate surface area is 82.8 Å². The SMILES string of the molecule is C[C@H](O)CNCc1cccnc1Cl. The van der Waals surface area contributed by atoms with Crippen molar-refractivity contribution in [3.8, 4) is 0 Å². The van der Waals surface area contributed by atoms with Gasteiger partial charge in [-0.15, -0.1) is 0 Å². The van der Waals surface area contributed by atoms with Crippen molar-refractivity contribution in [3.05, 3.63) is 29.0 Å². The molecule has 0 aliphatic heterocycles. The van der Waals surface area contributed by atoms with E-state index in [1.165, 1.54) is 0 Å². The van der Waals surface area contributed by atoms with Gasteiger partial charge < -0.3 is 10.4 Å². The largest absolute Gasteiger partial charge is 0.392 e. The van der Waals surface area contributed by atoms with E-state index in [9.17, 15) is 0 Å². The van der Waals surface area contributed by atoms with Crippen LogP contribution in [0.5, 0.6) is 0 Å². The molecule has 0 unspecified atom stereocenters. The minimum absolute atomic E-state index is 0.338. The number of aliphatic hydroxyl groups excluding tert-OH is 1. The summed E-state index contributed by atoms with van der Waals surface area (Å²) in [5.74, 6) is 0. The molecule has 0 bridgehead atoms. The standard InChI is InChI=1S/C9H13ClN2O/c1-7(13)5-11-6-8-3-2-4-12-9(8)10/h2-4,7,11,13H,5-6H2,1H3/t7-/m0/s1. The maximum Gasteiger partial charge on any atom is 0.133 e. The van der Waals surface area contributed by atoms with Gasteiger partial charge in [0.15, 0.2) is 0 Å². The van der Waals surface area contributed by atoms with Gasteiger partial charge in [0, 0.05) is 24.8 Å². The van der Waals surface area contributed by atoms with Gasteiger partial charge >= 0.3 is 0 Å². The summed E-state index contributed by atoms with van der Waals surface area (Å²) in [5.41, 5.74) is 0.949. The Bertz CT molecular complexity index is 266. The lowest BCUT2D eigenvalue weighted by Crippen LogP contribution is -2.24. The fourth-order valence-corrected chi connectivity index (χ4v) is 1.15. The molecule has 3 nitrogen and oxygen atoms in total. The molecule has 1 aromatic heterocycles. The molecule has 0 saturated heterocycles. The molecule has 0 aliphatic rings. The summed E-state index contributed by atoms with van der Waals surface area (Å²) in [6.45, 7) is 2.93. The molecule has 0 saturated carbocycles. The van der Waals surface area contributed by atoms with Gasteiger partial charge in [-0.1, -0.05) is 17.7 Å². The van der Waals surface area contributed by atoms with Crippen LogP contribution in [0.25, 0.3) is 0 Å². The molecule has 0 aromatic carbocycles. The summed E-state index contributed by atoms with van der Waals surface area (Å²) >= 11 is 5.83. The Balaban J connectivity index is 2.41. The fourth-order valence-electron chi connectivity index (χ4n) is 0.967.